The Morgan fingerprint density at radius 1 is 1.36 bits per heavy atom. The second kappa shape index (κ2) is 2.83. The molecule has 0 amide bonds. The van der Waals surface area contributed by atoms with E-state index in [9.17, 15) is 0 Å². The Morgan fingerprint density at radius 2 is 1.93 bits per heavy atom. The maximum absolute atomic E-state index is 8.96. The maximum Gasteiger partial charge on any atom is 0.0994 e. The number of nitriles is 1. The summed E-state index contributed by atoms with van der Waals surface area (Å²) in [6, 6.07) is 10.1. The first-order chi connectivity index (χ1) is 6.59. The van der Waals surface area contributed by atoms with Crippen LogP contribution in [0.15, 0.2) is 24.3 Å². The predicted molar refractivity (Wildman–Crippen MR) is 55.7 cm³/mol. The van der Waals surface area contributed by atoms with Gasteiger partial charge in [-0.3, -0.25) is 0 Å². The molecule has 0 aliphatic heterocycles. The summed E-state index contributed by atoms with van der Waals surface area (Å²) in [4.78, 5) is 0. The molecular formula is C12H14N2. The van der Waals surface area contributed by atoms with Crippen LogP contribution in [0.3, 0.4) is 0 Å². The van der Waals surface area contributed by atoms with Crippen molar-refractivity contribution in [2.75, 3.05) is 0 Å². The van der Waals surface area contributed by atoms with Gasteiger partial charge in [-0.1, -0.05) is 32.0 Å². The van der Waals surface area contributed by atoms with E-state index in [4.69, 9.17) is 11.0 Å². The molecule has 2 N–H and O–H groups in total. The molecule has 0 spiro atoms. The lowest BCUT2D eigenvalue weighted by Crippen LogP contribution is -2.06. The quantitative estimate of drug-likeness (QED) is 0.729. The lowest BCUT2D eigenvalue weighted by Gasteiger charge is -2.04. The summed E-state index contributed by atoms with van der Waals surface area (Å²) in [7, 11) is 0. The summed E-state index contributed by atoms with van der Waals surface area (Å²) < 4.78 is 0. The zero-order valence-electron chi connectivity index (χ0n) is 8.49. The number of benzene rings is 1. The van der Waals surface area contributed by atoms with Crippen LogP contribution in [0.5, 0.6) is 0 Å². The number of nitrogens with zero attached hydrogens (tertiary/aromatic N) is 1. The van der Waals surface area contributed by atoms with E-state index < -0.39 is 0 Å². The Kier molecular flexibility index (Phi) is 1.87. The van der Waals surface area contributed by atoms with E-state index in [0.29, 0.717) is 5.92 Å². The van der Waals surface area contributed by atoms with E-state index in [1.807, 2.05) is 24.3 Å². The maximum atomic E-state index is 8.96. The van der Waals surface area contributed by atoms with Crippen molar-refractivity contribution in [2.24, 2.45) is 11.1 Å². The molecule has 14 heavy (non-hydrogen) atoms. The van der Waals surface area contributed by atoms with Gasteiger partial charge in [-0.15, -0.1) is 0 Å². The molecule has 0 heterocycles. The Bertz CT molecular complexity index is 401. The first-order valence-electron chi connectivity index (χ1n) is 4.83. The fourth-order valence-electron chi connectivity index (χ4n) is 2.14. The Balaban J connectivity index is 2.41. The minimum atomic E-state index is 0.146. The molecule has 1 saturated carbocycles. The van der Waals surface area contributed by atoms with Crippen LogP contribution in [0.25, 0.3) is 0 Å². The molecule has 1 aliphatic carbocycles. The van der Waals surface area contributed by atoms with E-state index in [2.05, 4.69) is 19.9 Å². The van der Waals surface area contributed by atoms with Crippen molar-refractivity contribution in [3.63, 3.8) is 0 Å². The third-order valence-corrected chi connectivity index (χ3v) is 3.33. The van der Waals surface area contributed by atoms with Crippen molar-refractivity contribution in [1.82, 2.24) is 0 Å². The minimum Gasteiger partial charge on any atom is -0.327 e. The fraction of sp³-hybridized carbons (Fsp3) is 0.417. The topological polar surface area (TPSA) is 49.8 Å². The van der Waals surface area contributed by atoms with E-state index in [0.717, 1.165) is 11.1 Å². The molecule has 0 radical (unpaired) electrons. The summed E-state index contributed by atoms with van der Waals surface area (Å²) in [6.45, 7) is 4.30. The molecule has 0 aromatic heterocycles. The van der Waals surface area contributed by atoms with Crippen LogP contribution in [-0.4, -0.2) is 6.04 Å². The third kappa shape index (κ3) is 1.13. The largest absolute Gasteiger partial charge is 0.327 e. The Hall–Kier alpha value is -1.33. The van der Waals surface area contributed by atoms with Gasteiger partial charge in [0.25, 0.3) is 0 Å². The molecule has 1 aromatic carbocycles. The van der Waals surface area contributed by atoms with Crippen LogP contribution in [0, 0.1) is 16.7 Å². The molecule has 1 aliphatic rings. The second-order valence-electron chi connectivity index (χ2n) is 4.52. The number of nitrogens with two attached hydrogens (primary N) is 1. The average molecular weight is 186 g/mol. The van der Waals surface area contributed by atoms with Crippen molar-refractivity contribution in [3.8, 4) is 6.07 Å². The second-order valence-corrected chi connectivity index (χ2v) is 4.52. The summed E-state index contributed by atoms with van der Waals surface area (Å²) in [5.74, 6) is 0.346. The zero-order chi connectivity index (χ0) is 10.3. The standard InChI is InChI=1S/C12H14N2/c1-12(2)10(11(12)14)9-6-4-3-5-8(9)7-13/h3-6,10-11H,14H2,1-2H3/t10-,11-/m1/s1. The summed E-state index contributed by atoms with van der Waals surface area (Å²) >= 11 is 0. The molecule has 72 valence electrons. The van der Waals surface area contributed by atoms with E-state index >= 15 is 0 Å². The van der Waals surface area contributed by atoms with Crippen LogP contribution in [0.1, 0.15) is 30.9 Å². The highest BCUT2D eigenvalue weighted by Gasteiger charge is 2.56. The van der Waals surface area contributed by atoms with Crippen molar-refractivity contribution < 1.29 is 0 Å². The van der Waals surface area contributed by atoms with Crippen LogP contribution in [0.2, 0.25) is 0 Å². The van der Waals surface area contributed by atoms with Crippen molar-refractivity contribution in [2.45, 2.75) is 25.8 Å². The molecule has 2 atom stereocenters. The molecule has 0 unspecified atom stereocenters. The van der Waals surface area contributed by atoms with E-state index in [-0.39, 0.29) is 11.5 Å². The minimum absolute atomic E-state index is 0.146. The van der Waals surface area contributed by atoms with Gasteiger partial charge < -0.3 is 5.73 Å². The van der Waals surface area contributed by atoms with Gasteiger partial charge in [-0.05, 0) is 17.0 Å². The van der Waals surface area contributed by atoms with Gasteiger partial charge in [0.2, 0.25) is 0 Å². The van der Waals surface area contributed by atoms with Gasteiger partial charge >= 0.3 is 0 Å². The molecule has 2 nitrogen and oxygen atoms in total. The molecular weight excluding hydrogens is 172 g/mol. The lowest BCUT2D eigenvalue weighted by atomic mass is 9.99. The van der Waals surface area contributed by atoms with Crippen LogP contribution < -0.4 is 5.73 Å². The SMILES string of the molecule is CC1(C)[C@H](N)[C@H]1c1ccccc1C#N. The van der Waals surface area contributed by atoms with Crippen LogP contribution in [0.4, 0.5) is 0 Å². The summed E-state index contributed by atoms with van der Waals surface area (Å²) in [5.41, 5.74) is 8.00. The summed E-state index contributed by atoms with van der Waals surface area (Å²) in [5, 5.41) is 8.96. The molecule has 2 rings (SSSR count). The highest BCUT2D eigenvalue weighted by Crippen LogP contribution is 2.57. The van der Waals surface area contributed by atoms with Crippen molar-refractivity contribution >= 4 is 0 Å². The first kappa shape index (κ1) is 9.23. The van der Waals surface area contributed by atoms with Gasteiger partial charge in [-0.25, -0.2) is 0 Å². The normalized spacial score (nSPS) is 28.1. The van der Waals surface area contributed by atoms with Gasteiger partial charge in [0, 0.05) is 12.0 Å². The predicted octanol–water partition coefficient (Wildman–Crippen LogP) is 2.01. The fourth-order valence-corrected chi connectivity index (χ4v) is 2.14. The molecule has 0 saturated heterocycles. The first-order valence-corrected chi connectivity index (χ1v) is 4.83. The number of hydrogen-bond acceptors (Lipinski definition) is 2. The highest BCUT2D eigenvalue weighted by atomic mass is 14.8. The monoisotopic (exact) mass is 186 g/mol. The van der Waals surface area contributed by atoms with Crippen LogP contribution >= 0.6 is 0 Å². The Labute approximate surface area is 84.3 Å². The van der Waals surface area contributed by atoms with Gasteiger partial charge in [-0.2, -0.15) is 5.26 Å². The zero-order valence-corrected chi connectivity index (χ0v) is 8.49. The van der Waals surface area contributed by atoms with E-state index in [1.165, 1.54) is 0 Å². The van der Waals surface area contributed by atoms with E-state index in [1.54, 1.807) is 0 Å². The highest BCUT2D eigenvalue weighted by molar-refractivity contribution is 5.45. The third-order valence-electron chi connectivity index (χ3n) is 3.33. The average Bonchev–Trinajstić information content (AvgIpc) is 2.66. The van der Waals surface area contributed by atoms with Crippen molar-refractivity contribution in [1.29, 1.82) is 5.26 Å². The molecule has 2 heteroatoms. The van der Waals surface area contributed by atoms with Crippen LogP contribution in [-0.2, 0) is 0 Å². The molecule has 1 fully saturated rings. The van der Waals surface area contributed by atoms with Gasteiger partial charge in [0.15, 0.2) is 0 Å². The Morgan fingerprint density at radius 3 is 2.43 bits per heavy atom. The van der Waals surface area contributed by atoms with Crippen molar-refractivity contribution in [3.05, 3.63) is 35.4 Å². The summed E-state index contributed by atoms with van der Waals surface area (Å²) in [6.07, 6.45) is 0. The van der Waals surface area contributed by atoms with Gasteiger partial charge in [0.05, 0.1) is 11.6 Å². The molecule has 0 bridgehead atoms. The number of rotatable bonds is 1. The number of hydrogen-bond donors (Lipinski definition) is 1. The lowest BCUT2D eigenvalue weighted by molar-refractivity contribution is 0.599. The molecule has 1 aromatic rings. The van der Waals surface area contributed by atoms with Gasteiger partial charge in [0.1, 0.15) is 0 Å². The smallest absolute Gasteiger partial charge is 0.0994 e.